The van der Waals surface area contributed by atoms with Gasteiger partial charge in [-0.1, -0.05) is 0 Å². The average molecular weight is 201 g/mol. The van der Waals surface area contributed by atoms with Gasteiger partial charge in [0.15, 0.2) is 5.11 Å². The van der Waals surface area contributed by atoms with Crippen molar-refractivity contribution in [3.8, 4) is 0 Å². The first-order valence-corrected chi connectivity index (χ1v) is 4.12. The topological polar surface area (TPSA) is 64.0 Å². The molecule has 0 fully saturated rings. The summed E-state index contributed by atoms with van der Waals surface area (Å²) in [5.41, 5.74) is 2.84. The molecule has 72 valence electrons. The number of thiocarbonyl (C=S) groups is 1. The summed E-state index contributed by atoms with van der Waals surface area (Å²) < 4.78 is 6.40. The Labute approximate surface area is 81.3 Å². The molecule has 0 aromatic carbocycles. The second-order valence-electron chi connectivity index (χ2n) is 2.23. The summed E-state index contributed by atoms with van der Waals surface area (Å²) in [6.07, 6.45) is 3.04. The van der Waals surface area contributed by atoms with E-state index < -0.39 is 0 Å². The molecule has 0 saturated carbocycles. The Morgan fingerprint density at radius 3 is 2.85 bits per heavy atom. The van der Waals surface area contributed by atoms with Gasteiger partial charge in [-0.15, -0.1) is 10.2 Å². The molecular formula is C6H11N5OS. The highest BCUT2D eigenvalue weighted by atomic mass is 32.1. The number of ether oxygens (including phenoxy) is 1. The molecule has 1 heterocycles. The predicted molar refractivity (Wildman–Crippen MR) is 51.9 cm³/mol. The van der Waals surface area contributed by atoms with E-state index >= 15 is 0 Å². The van der Waals surface area contributed by atoms with E-state index in [0.717, 1.165) is 0 Å². The highest BCUT2D eigenvalue weighted by Crippen LogP contribution is 1.76. The van der Waals surface area contributed by atoms with Crippen molar-refractivity contribution in [3.63, 3.8) is 0 Å². The minimum atomic E-state index is 0.511. The van der Waals surface area contributed by atoms with Gasteiger partial charge in [0.1, 0.15) is 12.7 Å². The fourth-order valence-electron chi connectivity index (χ4n) is 0.682. The van der Waals surface area contributed by atoms with Crippen LogP contribution in [0.2, 0.25) is 0 Å². The van der Waals surface area contributed by atoms with Crippen molar-refractivity contribution in [1.82, 2.24) is 20.2 Å². The van der Waals surface area contributed by atoms with Crippen LogP contribution in [0.3, 0.4) is 0 Å². The first-order valence-electron chi connectivity index (χ1n) is 3.71. The van der Waals surface area contributed by atoms with Crippen molar-refractivity contribution < 1.29 is 4.74 Å². The Hall–Kier alpha value is -1.21. The zero-order valence-corrected chi connectivity index (χ0v) is 8.04. The third-order valence-corrected chi connectivity index (χ3v) is 1.48. The summed E-state index contributed by atoms with van der Waals surface area (Å²) in [5, 5.41) is 10.7. The molecule has 0 bridgehead atoms. The largest absolute Gasteiger partial charge is 0.383 e. The quantitative estimate of drug-likeness (QED) is 0.498. The monoisotopic (exact) mass is 201 g/mol. The average Bonchev–Trinajstić information content (AvgIpc) is 2.57. The van der Waals surface area contributed by atoms with Crippen molar-refractivity contribution in [2.75, 3.05) is 25.7 Å². The van der Waals surface area contributed by atoms with Crippen LogP contribution < -0.4 is 10.7 Å². The van der Waals surface area contributed by atoms with Gasteiger partial charge >= 0.3 is 0 Å². The number of nitrogens with one attached hydrogen (secondary N) is 2. The number of hydrogen-bond donors (Lipinski definition) is 2. The molecule has 0 amide bonds. The molecule has 6 nitrogen and oxygen atoms in total. The van der Waals surface area contributed by atoms with Crippen molar-refractivity contribution in [2.45, 2.75) is 0 Å². The molecule has 2 N–H and O–H groups in total. The molecular weight excluding hydrogens is 190 g/mol. The minimum absolute atomic E-state index is 0.511. The molecule has 1 aromatic heterocycles. The first-order chi connectivity index (χ1) is 6.33. The van der Waals surface area contributed by atoms with E-state index in [9.17, 15) is 0 Å². The molecule has 0 aliphatic heterocycles. The van der Waals surface area contributed by atoms with E-state index in [-0.39, 0.29) is 0 Å². The zero-order chi connectivity index (χ0) is 9.52. The van der Waals surface area contributed by atoms with Gasteiger partial charge in [-0.25, -0.2) is 4.68 Å². The van der Waals surface area contributed by atoms with Crippen LogP contribution in [0.1, 0.15) is 0 Å². The Bertz CT molecular complexity index is 250. The van der Waals surface area contributed by atoms with Crippen molar-refractivity contribution in [1.29, 1.82) is 0 Å². The van der Waals surface area contributed by atoms with E-state index in [0.29, 0.717) is 18.3 Å². The lowest BCUT2D eigenvalue weighted by molar-refractivity contribution is 0.204. The molecule has 1 rings (SSSR count). The van der Waals surface area contributed by atoms with Crippen LogP contribution in [0.4, 0.5) is 0 Å². The highest BCUT2D eigenvalue weighted by molar-refractivity contribution is 7.80. The third-order valence-electron chi connectivity index (χ3n) is 1.24. The molecule has 0 spiro atoms. The molecule has 0 aliphatic rings. The Kier molecular flexibility index (Phi) is 4.13. The Morgan fingerprint density at radius 2 is 2.23 bits per heavy atom. The van der Waals surface area contributed by atoms with Crippen LogP contribution in [-0.4, -0.2) is 40.2 Å². The minimum Gasteiger partial charge on any atom is -0.383 e. The molecule has 0 radical (unpaired) electrons. The fourth-order valence-corrected chi connectivity index (χ4v) is 0.889. The smallest absolute Gasteiger partial charge is 0.185 e. The van der Waals surface area contributed by atoms with Crippen LogP contribution in [0.15, 0.2) is 12.7 Å². The zero-order valence-electron chi connectivity index (χ0n) is 7.23. The summed E-state index contributed by atoms with van der Waals surface area (Å²) in [4.78, 5) is 0. The molecule has 7 heteroatoms. The molecule has 0 aliphatic carbocycles. The number of hydrogen-bond acceptors (Lipinski definition) is 4. The lowest BCUT2D eigenvalue weighted by Gasteiger charge is -2.08. The van der Waals surface area contributed by atoms with E-state index in [1.807, 2.05) is 0 Å². The molecule has 0 atom stereocenters. The fraction of sp³-hybridized carbons (Fsp3) is 0.500. The summed E-state index contributed by atoms with van der Waals surface area (Å²) in [6, 6.07) is 0. The van der Waals surface area contributed by atoms with E-state index in [2.05, 4.69) is 20.9 Å². The van der Waals surface area contributed by atoms with Crippen LogP contribution >= 0.6 is 12.2 Å². The summed E-state index contributed by atoms with van der Waals surface area (Å²) in [7, 11) is 1.64. The maximum Gasteiger partial charge on any atom is 0.185 e. The van der Waals surface area contributed by atoms with Crippen LogP contribution in [-0.2, 0) is 4.74 Å². The molecule has 1 aromatic rings. The highest BCUT2D eigenvalue weighted by Gasteiger charge is 1.94. The number of aromatic nitrogens is 3. The van der Waals surface area contributed by atoms with Gasteiger partial charge in [0, 0.05) is 13.7 Å². The SMILES string of the molecule is COCCNC(=S)Nn1cnnc1. The third kappa shape index (κ3) is 3.81. The second-order valence-corrected chi connectivity index (χ2v) is 2.64. The Morgan fingerprint density at radius 1 is 1.54 bits per heavy atom. The normalized spacial score (nSPS) is 9.62. The van der Waals surface area contributed by atoms with E-state index in [4.69, 9.17) is 17.0 Å². The molecule has 0 saturated heterocycles. The first kappa shape index (κ1) is 9.87. The van der Waals surface area contributed by atoms with Gasteiger partial charge in [-0.3, -0.25) is 5.43 Å². The molecule has 13 heavy (non-hydrogen) atoms. The van der Waals surface area contributed by atoms with Gasteiger partial charge in [0.05, 0.1) is 6.61 Å². The van der Waals surface area contributed by atoms with Gasteiger partial charge in [0.2, 0.25) is 0 Å². The summed E-state index contributed by atoms with van der Waals surface area (Å²) in [5.74, 6) is 0. The summed E-state index contributed by atoms with van der Waals surface area (Å²) >= 11 is 4.96. The predicted octanol–water partition coefficient (Wildman–Crippen LogP) is -0.658. The number of methoxy groups -OCH3 is 1. The van der Waals surface area contributed by atoms with Crippen molar-refractivity contribution in [3.05, 3.63) is 12.7 Å². The van der Waals surface area contributed by atoms with Gasteiger partial charge < -0.3 is 10.1 Å². The molecule has 0 unspecified atom stereocenters. The second kappa shape index (κ2) is 5.44. The maximum absolute atomic E-state index is 4.96. The number of nitrogens with zero attached hydrogens (tertiary/aromatic N) is 3. The van der Waals surface area contributed by atoms with E-state index in [1.165, 1.54) is 12.7 Å². The lowest BCUT2D eigenvalue weighted by Crippen LogP contribution is -2.35. The van der Waals surface area contributed by atoms with Crippen molar-refractivity contribution >= 4 is 17.3 Å². The van der Waals surface area contributed by atoms with Gasteiger partial charge in [0.25, 0.3) is 0 Å². The summed E-state index contributed by atoms with van der Waals surface area (Å²) in [6.45, 7) is 1.29. The standard InChI is InChI=1S/C6H11N5OS/c1-12-3-2-7-6(13)10-11-4-8-9-5-11/h4-5H,2-3H2,1H3,(H2,7,10,13). The van der Waals surface area contributed by atoms with Gasteiger partial charge in [-0.2, -0.15) is 0 Å². The lowest BCUT2D eigenvalue weighted by atomic mass is 10.7. The van der Waals surface area contributed by atoms with Crippen LogP contribution in [0, 0.1) is 0 Å². The maximum atomic E-state index is 4.96. The van der Waals surface area contributed by atoms with Crippen LogP contribution in [0.5, 0.6) is 0 Å². The Balaban J connectivity index is 2.18. The van der Waals surface area contributed by atoms with E-state index in [1.54, 1.807) is 11.8 Å². The van der Waals surface area contributed by atoms with Gasteiger partial charge in [-0.05, 0) is 12.2 Å². The van der Waals surface area contributed by atoms with Crippen LogP contribution in [0.25, 0.3) is 0 Å². The number of rotatable bonds is 4. The van der Waals surface area contributed by atoms with Crippen molar-refractivity contribution in [2.24, 2.45) is 0 Å².